The van der Waals surface area contributed by atoms with Gasteiger partial charge in [0.05, 0.1) is 5.56 Å². The van der Waals surface area contributed by atoms with Crippen LogP contribution in [0.1, 0.15) is 35.2 Å². The Morgan fingerprint density at radius 2 is 1.77 bits per heavy atom. The number of anilines is 1. The lowest BCUT2D eigenvalue weighted by molar-refractivity contribution is -0.131. The molecule has 26 heavy (non-hydrogen) atoms. The van der Waals surface area contributed by atoms with E-state index in [1.165, 1.54) is 5.56 Å². The van der Waals surface area contributed by atoms with Crippen molar-refractivity contribution in [2.75, 3.05) is 31.1 Å². The van der Waals surface area contributed by atoms with Crippen LogP contribution in [-0.4, -0.2) is 47.9 Å². The van der Waals surface area contributed by atoms with Crippen LogP contribution in [0.15, 0.2) is 48.7 Å². The normalized spacial score (nSPS) is 15.6. The fraction of sp³-hybridized carbons (Fsp3) is 0.350. The first-order chi connectivity index (χ1) is 12.6. The van der Waals surface area contributed by atoms with Gasteiger partial charge in [0.2, 0.25) is 5.91 Å². The van der Waals surface area contributed by atoms with Crippen LogP contribution in [-0.2, 0) is 4.79 Å². The number of piperazine rings is 1. The number of hydrogen-bond acceptors (Lipinski definition) is 4. The van der Waals surface area contributed by atoms with Gasteiger partial charge in [0.1, 0.15) is 5.82 Å². The van der Waals surface area contributed by atoms with E-state index in [-0.39, 0.29) is 11.8 Å². The third-order valence-corrected chi connectivity index (χ3v) is 4.83. The summed E-state index contributed by atoms with van der Waals surface area (Å²) in [6, 6.07) is 13.5. The van der Waals surface area contributed by atoms with Gasteiger partial charge in [-0.2, -0.15) is 0 Å². The van der Waals surface area contributed by atoms with E-state index in [4.69, 9.17) is 5.73 Å². The number of carbonyl (C=O) groups excluding carboxylic acids is 2. The van der Waals surface area contributed by atoms with Gasteiger partial charge in [0.15, 0.2) is 0 Å². The SMILES string of the molecule is CC(CC(=O)N1CCN(c2ncccc2C(N)=O)CC1)c1ccccc1. The van der Waals surface area contributed by atoms with Gasteiger partial charge >= 0.3 is 0 Å². The summed E-state index contributed by atoms with van der Waals surface area (Å²) in [5, 5.41) is 0. The van der Waals surface area contributed by atoms with E-state index in [2.05, 4.69) is 24.0 Å². The summed E-state index contributed by atoms with van der Waals surface area (Å²) < 4.78 is 0. The zero-order valence-electron chi connectivity index (χ0n) is 15.0. The Bertz CT molecular complexity index is 770. The first-order valence-electron chi connectivity index (χ1n) is 8.88. The summed E-state index contributed by atoms with van der Waals surface area (Å²) in [5.74, 6) is 0.476. The van der Waals surface area contributed by atoms with Crippen LogP contribution in [0.2, 0.25) is 0 Å². The summed E-state index contributed by atoms with van der Waals surface area (Å²) >= 11 is 0. The molecule has 1 unspecified atom stereocenters. The molecule has 0 aliphatic carbocycles. The molecular formula is C20H24N4O2. The maximum Gasteiger partial charge on any atom is 0.252 e. The molecule has 136 valence electrons. The van der Waals surface area contributed by atoms with Gasteiger partial charge in [-0.15, -0.1) is 0 Å². The van der Waals surface area contributed by atoms with E-state index in [1.807, 2.05) is 28.0 Å². The summed E-state index contributed by atoms with van der Waals surface area (Å²) in [4.78, 5) is 32.4. The van der Waals surface area contributed by atoms with Gasteiger partial charge in [-0.25, -0.2) is 4.98 Å². The maximum atomic E-state index is 12.6. The molecule has 1 fully saturated rings. The topological polar surface area (TPSA) is 79.5 Å². The molecule has 1 saturated heterocycles. The summed E-state index contributed by atoms with van der Waals surface area (Å²) in [5.41, 5.74) is 7.04. The van der Waals surface area contributed by atoms with E-state index in [0.29, 0.717) is 44.0 Å². The number of benzene rings is 1. The number of carbonyl (C=O) groups is 2. The average molecular weight is 352 g/mol. The minimum atomic E-state index is -0.483. The van der Waals surface area contributed by atoms with Gasteiger partial charge in [-0.1, -0.05) is 37.3 Å². The number of hydrogen-bond donors (Lipinski definition) is 1. The average Bonchev–Trinajstić information content (AvgIpc) is 2.68. The Labute approximate surface area is 153 Å². The lowest BCUT2D eigenvalue weighted by atomic mass is 9.97. The van der Waals surface area contributed by atoms with E-state index >= 15 is 0 Å². The molecule has 6 heteroatoms. The molecule has 0 radical (unpaired) electrons. The van der Waals surface area contributed by atoms with Crippen molar-refractivity contribution < 1.29 is 9.59 Å². The van der Waals surface area contributed by atoms with Gasteiger partial charge in [0, 0.05) is 38.8 Å². The monoisotopic (exact) mass is 352 g/mol. The Kier molecular flexibility index (Phi) is 5.51. The van der Waals surface area contributed by atoms with E-state index in [9.17, 15) is 9.59 Å². The zero-order chi connectivity index (χ0) is 18.5. The fourth-order valence-corrected chi connectivity index (χ4v) is 3.30. The second-order valence-corrected chi connectivity index (χ2v) is 6.62. The van der Waals surface area contributed by atoms with Gasteiger partial charge in [-0.05, 0) is 23.6 Å². The van der Waals surface area contributed by atoms with E-state index < -0.39 is 5.91 Å². The second-order valence-electron chi connectivity index (χ2n) is 6.62. The number of amides is 2. The molecule has 2 N–H and O–H groups in total. The molecule has 0 spiro atoms. The zero-order valence-corrected chi connectivity index (χ0v) is 15.0. The first-order valence-corrected chi connectivity index (χ1v) is 8.88. The number of aromatic nitrogens is 1. The van der Waals surface area contributed by atoms with Gasteiger partial charge in [0.25, 0.3) is 5.91 Å². The van der Waals surface area contributed by atoms with Gasteiger partial charge < -0.3 is 15.5 Å². The van der Waals surface area contributed by atoms with Crippen molar-refractivity contribution in [3.8, 4) is 0 Å². The molecule has 1 atom stereocenters. The Hall–Kier alpha value is -2.89. The predicted molar refractivity (Wildman–Crippen MR) is 101 cm³/mol. The quantitative estimate of drug-likeness (QED) is 0.893. The number of primary amides is 1. The highest BCUT2D eigenvalue weighted by molar-refractivity contribution is 5.97. The van der Waals surface area contributed by atoms with Crippen LogP contribution in [0.4, 0.5) is 5.82 Å². The van der Waals surface area contributed by atoms with Crippen molar-refractivity contribution in [2.45, 2.75) is 19.3 Å². The number of nitrogens with two attached hydrogens (primary N) is 1. The number of pyridine rings is 1. The molecule has 1 aliphatic heterocycles. The lowest BCUT2D eigenvalue weighted by Crippen LogP contribution is -2.49. The minimum absolute atomic E-state index is 0.164. The van der Waals surface area contributed by atoms with Crippen LogP contribution in [0.3, 0.4) is 0 Å². The smallest absolute Gasteiger partial charge is 0.252 e. The highest BCUT2D eigenvalue weighted by Crippen LogP contribution is 2.22. The number of rotatable bonds is 5. The van der Waals surface area contributed by atoms with E-state index in [1.54, 1.807) is 18.3 Å². The van der Waals surface area contributed by atoms with Crippen molar-refractivity contribution in [1.29, 1.82) is 0 Å². The molecule has 2 aromatic rings. The van der Waals surface area contributed by atoms with Crippen molar-refractivity contribution >= 4 is 17.6 Å². The molecule has 6 nitrogen and oxygen atoms in total. The second kappa shape index (κ2) is 7.99. The Balaban J connectivity index is 1.58. The highest BCUT2D eigenvalue weighted by atomic mass is 16.2. The molecule has 0 bridgehead atoms. The molecule has 2 amide bonds. The standard InChI is InChI=1S/C20H24N4O2/c1-15(16-6-3-2-4-7-16)14-18(25)23-10-12-24(13-11-23)20-17(19(21)26)8-5-9-22-20/h2-9,15H,10-14H2,1H3,(H2,21,26). The molecule has 3 rings (SSSR count). The first kappa shape index (κ1) is 17.9. The van der Waals surface area contributed by atoms with Crippen LogP contribution in [0.5, 0.6) is 0 Å². The van der Waals surface area contributed by atoms with Crippen molar-refractivity contribution in [3.63, 3.8) is 0 Å². The molecular weight excluding hydrogens is 328 g/mol. The highest BCUT2D eigenvalue weighted by Gasteiger charge is 2.25. The van der Waals surface area contributed by atoms with Crippen molar-refractivity contribution in [3.05, 3.63) is 59.8 Å². The van der Waals surface area contributed by atoms with Crippen LogP contribution >= 0.6 is 0 Å². The van der Waals surface area contributed by atoms with Crippen LogP contribution in [0.25, 0.3) is 0 Å². The van der Waals surface area contributed by atoms with Crippen molar-refractivity contribution in [1.82, 2.24) is 9.88 Å². The molecule has 0 saturated carbocycles. The fourth-order valence-electron chi connectivity index (χ4n) is 3.30. The Morgan fingerprint density at radius 3 is 2.42 bits per heavy atom. The van der Waals surface area contributed by atoms with E-state index in [0.717, 1.165) is 0 Å². The summed E-state index contributed by atoms with van der Waals surface area (Å²) in [7, 11) is 0. The molecule has 1 aromatic carbocycles. The summed E-state index contributed by atoms with van der Waals surface area (Å²) in [6.45, 7) is 4.60. The van der Waals surface area contributed by atoms with Crippen LogP contribution in [0, 0.1) is 0 Å². The summed E-state index contributed by atoms with van der Waals surface area (Å²) in [6.07, 6.45) is 2.15. The molecule has 2 heterocycles. The minimum Gasteiger partial charge on any atom is -0.365 e. The third kappa shape index (κ3) is 4.02. The van der Waals surface area contributed by atoms with Gasteiger partial charge in [-0.3, -0.25) is 9.59 Å². The van der Waals surface area contributed by atoms with Crippen LogP contribution < -0.4 is 10.6 Å². The molecule has 1 aliphatic rings. The third-order valence-electron chi connectivity index (χ3n) is 4.83. The molecule has 1 aromatic heterocycles. The predicted octanol–water partition coefficient (Wildman–Crippen LogP) is 2.02. The van der Waals surface area contributed by atoms with Crippen molar-refractivity contribution in [2.24, 2.45) is 5.73 Å². The lowest BCUT2D eigenvalue weighted by Gasteiger charge is -2.36. The maximum absolute atomic E-state index is 12.6. The number of nitrogens with zero attached hydrogens (tertiary/aromatic N) is 3. The Morgan fingerprint density at radius 1 is 1.08 bits per heavy atom. The largest absolute Gasteiger partial charge is 0.365 e.